The van der Waals surface area contributed by atoms with E-state index in [0.717, 1.165) is 11.4 Å². The first kappa shape index (κ1) is 31.1. The molecule has 8 aromatic rings. The second-order valence-corrected chi connectivity index (χ2v) is 15.6. The minimum Gasteiger partial charge on any atom is -0.311 e. The van der Waals surface area contributed by atoms with Gasteiger partial charge in [-0.05, 0) is 115 Å². The molecule has 11 rings (SSSR count). The number of hydrogen-bond donors (Lipinski definition) is 0. The summed E-state index contributed by atoms with van der Waals surface area (Å²) < 4.78 is 0. The average Bonchev–Trinajstić information content (AvgIpc) is 3.87. The fraction of sp³-hybridized carbons (Fsp3) is 0.0385. The van der Waals surface area contributed by atoms with E-state index in [4.69, 9.17) is 0 Å². The Morgan fingerprint density at radius 3 is 1.93 bits per heavy atom. The quantitative estimate of drug-likeness (QED) is 0.156. The van der Waals surface area contributed by atoms with E-state index in [2.05, 4.69) is 205 Å². The third kappa shape index (κ3) is 5.14. The molecule has 2 atom stereocenters. The zero-order chi connectivity index (χ0) is 35.6. The Morgan fingerprint density at radius 1 is 0.500 bits per heavy atom. The SMILES string of the molecule is C1=CC2=CC(N(c3ccc(-c4ccc5ccc6ccccc6c5c4)cc3)c3ccc(-c4ccc(-c5ccccc5)s4)cc3)=CC3c4ccccc4C(=C1)C23. The third-order valence-corrected chi connectivity index (χ3v) is 12.6. The summed E-state index contributed by atoms with van der Waals surface area (Å²) in [6.45, 7) is 0. The van der Waals surface area contributed by atoms with Crippen molar-refractivity contribution in [1.82, 2.24) is 0 Å². The zero-order valence-corrected chi connectivity index (χ0v) is 30.4. The fourth-order valence-corrected chi connectivity index (χ4v) is 9.88. The monoisotopic (exact) mass is 705 g/mol. The molecule has 0 spiro atoms. The highest BCUT2D eigenvalue weighted by molar-refractivity contribution is 7.18. The van der Waals surface area contributed by atoms with E-state index in [9.17, 15) is 0 Å². The standard InChI is InChI=1S/C52H35NS/c1-2-10-37(11-3-1)50-29-30-51(54-50)38-23-27-42(28-24-38)53(43-31-40-12-8-16-47-45-14-6-7-15-46(45)49(33-43)52(40)47)41-25-21-34(22-26-41)39-20-19-36-18-17-35-9-4-5-13-44(35)48(36)32-39/h1-33,49,52H. The van der Waals surface area contributed by atoms with Crippen LogP contribution in [0, 0.1) is 5.92 Å². The molecule has 0 saturated carbocycles. The molecule has 0 aliphatic heterocycles. The maximum atomic E-state index is 2.51. The minimum atomic E-state index is 0.295. The lowest BCUT2D eigenvalue weighted by Gasteiger charge is -2.33. The van der Waals surface area contributed by atoms with Gasteiger partial charge in [0, 0.05) is 38.7 Å². The largest absolute Gasteiger partial charge is 0.311 e. The highest BCUT2D eigenvalue weighted by Crippen LogP contribution is 2.55. The number of anilines is 2. The molecule has 0 radical (unpaired) electrons. The Bertz CT molecular complexity index is 2870. The van der Waals surface area contributed by atoms with Crippen LogP contribution in [0.15, 0.2) is 212 Å². The maximum absolute atomic E-state index is 2.51. The van der Waals surface area contributed by atoms with Gasteiger partial charge >= 0.3 is 0 Å². The van der Waals surface area contributed by atoms with Gasteiger partial charge in [-0.2, -0.15) is 0 Å². The average molecular weight is 706 g/mol. The summed E-state index contributed by atoms with van der Waals surface area (Å²) >= 11 is 1.84. The Balaban J connectivity index is 1.00. The van der Waals surface area contributed by atoms with Crippen LogP contribution in [0.25, 0.3) is 59.1 Å². The molecule has 54 heavy (non-hydrogen) atoms. The van der Waals surface area contributed by atoms with Crippen molar-refractivity contribution in [2.45, 2.75) is 5.92 Å². The number of hydrogen-bond acceptors (Lipinski definition) is 2. The Morgan fingerprint density at radius 2 is 1.13 bits per heavy atom. The van der Waals surface area contributed by atoms with Crippen molar-refractivity contribution in [3.63, 3.8) is 0 Å². The molecule has 2 heteroatoms. The first-order valence-electron chi connectivity index (χ1n) is 18.7. The van der Waals surface area contributed by atoms with Gasteiger partial charge < -0.3 is 4.90 Å². The number of rotatable bonds is 6. The van der Waals surface area contributed by atoms with Crippen LogP contribution in [0.2, 0.25) is 0 Å². The molecule has 0 fully saturated rings. The summed E-state index contributed by atoms with van der Waals surface area (Å²) in [6, 6.07) is 62.4. The van der Waals surface area contributed by atoms with Gasteiger partial charge in [-0.15, -0.1) is 11.3 Å². The summed E-state index contributed by atoms with van der Waals surface area (Å²) in [4.78, 5) is 5.01. The van der Waals surface area contributed by atoms with E-state index in [0.29, 0.717) is 11.8 Å². The number of thiophene rings is 1. The van der Waals surface area contributed by atoms with Crippen LogP contribution in [0.4, 0.5) is 11.4 Å². The van der Waals surface area contributed by atoms with E-state index < -0.39 is 0 Å². The van der Waals surface area contributed by atoms with Gasteiger partial charge in [0.25, 0.3) is 0 Å². The van der Waals surface area contributed by atoms with Crippen LogP contribution in [-0.4, -0.2) is 0 Å². The van der Waals surface area contributed by atoms with Gasteiger partial charge in [0.2, 0.25) is 0 Å². The smallest absolute Gasteiger partial charge is 0.0461 e. The van der Waals surface area contributed by atoms with Gasteiger partial charge in [0.1, 0.15) is 0 Å². The molecule has 3 aliphatic rings. The minimum absolute atomic E-state index is 0.295. The highest BCUT2D eigenvalue weighted by atomic mass is 32.1. The normalized spacial score (nSPS) is 16.8. The third-order valence-electron chi connectivity index (χ3n) is 11.5. The summed E-state index contributed by atoms with van der Waals surface area (Å²) in [5.74, 6) is 0.660. The van der Waals surface area contributed by atoms with Crippen molar-refractivity contribution in [1.29, 1.82) is 0 Å². The van der Waals surface area contributed by atoms with Crippen molar-refractivity contribution in [2.75, 3.05) is 4.90 Å². The summed E-state index contributed by atoms with van der Waals surface area (Å²) in [5, 5.41) is 5.12. The van der Waals surface area contributed by atoms with Crippen molar-refractivity contribution in [3.05, 3.63) is 223 Å². The predicted molar refractivity (Wildman–Crippen MR) is 230 cm³/mol. The van der Waals surface area contributed by atoms with Crippen LogP contribution in [0.1, 0.15) is 17.0 Å². The van der Waals surface area contributed by atoms with Crippen LogP contribution in [0.3, 0.4) is 0 Å². The lowest BCUT2D eigenvalue weighted by atomic mass is 9.77. The molecule has 0 saturated heterocycles. The number of benzene rings is 7. The number of allylic oxidation sites excluding steroid dienone is 7. The predicted octanol–water partition coefficient (Wildman–Crippen LogP) is 14.4. The molecule has 0 bridgehead atoms. The lowest BCUT2D eigenvalue weighted by Crippen LogP contribution is -2.22. The Hall–Kier alpha value is -6.48. The van der Waals surface area contributed by atoms with Gasteiger partial charge in [-0.1, -0.05) is 152 Å². The van der Waals surface area contributed by atoms with E-state index in [-0.39, 0.29) is 0 Å². The molecule has 3 aliphatic carbocycles. The first-order chi connectivity index (χ1) is 26.7. The van der Waals surface area contributed by atoms with Crippen LogP contribution >= 0.6 is 11.3 Å². The van der Waals surface area contributed by atoms with Crippen LogP contribution in [-0.2, 0) is 0 Å². The number of nitrogens with zero attached hydrogens (tertiary/aromatic N) is 1. The summed E-state index contributed by atoms with van der Waals surface area (Å²) in [5.41, 5.74) is 14.0. The Kier molecular flexibility index (Phi) is 7.24. The second-order valence-electron chi connectivity index (χ2n) is 14.5. The molecule has 1 nitrogen and oxygen atoms in total. The number of fused-ring (bicyclic) bond motifs is 6. The lowest BCUT2D eigenvalue weighted by molar-refractivity contribution is 0.711. The van der Waals surface area contributed by atoms with Crippen molar-refractivity contribution >= 4 is 49.8 Å². The molecule has 1 heterocycles. The Labute approximate surface area is 319 Å². The van der Waals surface area contributed by atoms with Crippen molar-refractivity contribution < 1.29 is 0 Å². The maximum Gasteiger partial charge on any atom is 0.0461 e. The van der Waals surface area contributed by atoms with Gasteiger partial charge in [0.15, 0.2) is 0 Å². The molecule has 2 unspecified atom stereocenters. The molecule has 1 aromatic heterocycles. The van der Waals surface area contributed by atoms with Crippen molar-refractivity contribution in [2.24, 2.45) is 5.92 Å². The summed E-state index contributed by atoms with van der Waals surface area (Å²) in [6.07, 6.45) is 11.8. The summed E-state index contributed by atoms with van der Waals surface area (Å²) in [7, 11) is 0. The van der Waals surface area contributed by atoms with E-state index in [1.807, 2.05) is 11.3 Å². The van der Waals surface area contributed by atoms with Crippen LogP contribution in [0.5, 0.6) is 0 Å². The molecule has 7 aromatic carbocycles. The van der Waals surface area contributed by atoms with Gasteiger partial charge in [-0.3, -0.25) is 0 Å². The second kappa shape index (κ2) is 12.6. The molecular weight excluding hydrogens is 671 g/mol. The van der Waals surface area contributed by atoms with Crippen LogP contribution < -0.4 is 4.90 Å². The molecule has 254 valence electrons. The zero-order valence-electron chi connectivity index (χ0n) is 29.6. The fourth-order valence-electron chi connectivity index (χ4n) is 8.86. The van der Waals surface area contributed by atoms with Gasteiger partial charge in [0.05, 0.1) is 0 Å². The van der Waals surface area contributed by atoms with Gasteiger partial charge in [-0.25, -0.2) is 0 Å². The van der Waals surface area contributed by atoms with E-state index in [1.54, 1.807) is 0 Å². The first-order valence-corrected chi connectivity index (χ1v) is 19.6. The van der Waals surface area contributed by atoms with E-state index in [1.165, 1.54) is 81.5 Å². The molecule has 0 amide bonds. The topological polar surface area (TPSA) is 3.24 Å². The van der Waals surface area contributed by atoms with E-state index >= 15 is 0 Å². The molecule has 0 N–H and O–H groups in total. The molecular formula is C52H35NS. The van der Waals surface area contributed by atoms with Crippen molar-refractivity contribution in [3.8, 4) is 32.0 Å². The highest BCUT2D eigenvalue weighted by Gasteiger charge is 2.40.